The Labute approximate surface area is 117 Å². The van der Waals surface area contributed by atoms with Gasteiger partial charge in [0.25, 0.3) is 0 Å². The number of nitrogens with zero attached hydrogens (tertiary/aromatic N) is 2. The molecule has 0 amide bonds. The summed E-state index contributed by atoms with van der Waals surface area (Å²) in [5.41, 5.74) is 3.05. The smallest absolute Gasteiger partial charge is 0.0596 e. The van der Waals surface area contributed by atoms with Crippen LogP contribution in [0.2, 0.25) is 0 Å². The van der Waals surface area contributed by atoms with Crippen LogP contribution in [0, 0.1) is 18.3 Å². The van der Waals surface area contributed by atoms with E-state index in [0.717, 1.165) is 31.1 Å². The van der Waals surface area contributed by atoms with Crippen molar-refractivity contribution in [2.45, 2.75) is 66.5 Å². The van der Waals surface area contributed by atoms with Gasteiger partial charge < -0.3 is 5.32 Å². The molecule has 0 saturated heterocycles. The van der Waals surface area contributed by atoms with Gasteiger partial charge >= 0.3 is 0 Å². The molecule has 1 aliphatic carbocycles. The zero-order chi connectivity index (χ0) is 14.0. The average molecular weight is 263 g/mol. The van der Waals surface area contributed by atoms with Crippen molar-refractivity contribution in [1.29, 1.82) is 0 Å². The highest BCUT2D eigenvalue weighted by atomic mass is 15.3. The fraction of sp³-hybridized carbons (Fsp3) is 0.812. The van der Waals surface area contributed by atoms with Gasteiger partial charge in [-0.05, 0) is 50.6 Å². The first kappa shape index (κ1) is 14.6. The fourth-order valence-corrected chi connectivity index (χ4v) is 3.14. The van der Waals surface area contributed by atoms with Gasteiger partial charge in [0.05, 0.1) is 5.69 Å². The second-order valence-electron chi connectivity index (χ2n) is 6.66. The van der Waals surface area contributed by atoms with Gasteiger partial charge in [-0.2, -0.15) is 5.10 Å². The first-order valence-corrected chi connectivity index (χ1v) is 7.74. The molecule has 1 heterocycles. The maximum Gasteiger partial charge on any atom is 0.0596 e. The van der Waals surface area contributed by atoms with Gasteiger partial charge in [-0.3, -0.25) is 4.68 Å². The van der Waals surface area contributed by atoms with E-state index in [1.54, 1.807) is 0 Å². The third kappa shape index (κ3) is 3.38. The topological polar surface area (TPSA) is 29.9 Å². The standard InChI is InChI=1S/C16H29N3/c1-6-8-17-15(14-11-16(14,4)5)10-13-9-12(3)18-19(13)7-2/h9,14-15,17H,6-8,10-11H2,1-5H3. The largest absolute Gasteiger partial charge is 0.313 e. The van der Waals surface area contributed by atoms with Crippen LogP contribution in [0.25, 0.3) is 0 Å². The fourth-order valence-electron chi connectivity index (χ4n) is 3.14. The number of aromatic nitrogens is 2. The monoisotopic (exact) mass is 263 g/mol. The molecule has 2 rings (SSSR count). The Bertz CT molecular complexity index is 420. The highest BCUT2D eigenvalue weighted by Gasteiger charge is 2.49. The SMILES string of the molecule is CCCNC(Cc1cc(C)nn1CC)C1CC1(C)C. The van der Waals surface area contributed by atoms with Gasteiger partial charge in [-0.15, -0.1) is 0 Å². The molecule has 3 nitrogen and oxygen atoms in total. The Morgan fingerprint density at radius 1 is 1.47 bits per heavy atom. The van der Waals surface area contributed by atoms with Crippen LogP contribution in [0.4, 0.5) is 0 Å². The van der Waals surface area contributed by atoms with Crippen molar-refractivity contribution in [3.8, 4) is 0 Å². The molecule has 1 N–H and O–H groups in total. The average Bonchev–Trinajstić information content (AvgIpc) is 2.83. The molecule has 19 heavy (non-hydrogen) atoms. The van der Waals surface area contributed by atoms with Gasteiger partial charge in [0.15, 0.2) is 0 Å². The van der Waals surface area contributed by atoms with Crippen LogP contribution >= 0.6 is 0 Å². The van der Waals surface area contributed by atoms with Crippen LogP contribution < -0.4 is 5.32 Å². The summed E-state index contributed by atoms with van der Waals surface area (Å²) in [7, 11) is 0. The molecule has 1 aromatic rings. The van der Waals surface area contributed by atoms with E-state index in [-0.39, 0.29) is 0 Å². The molecule has 0 aromatic carbocycles. The maximum atomic E-state index is 4.57. The maximum absolute atomic E-state index is 4.57. The Kier molecular flexibility index (Phi) is 4.34. The van der Waals surface area contributed by atoms with Crippen LogP contribution in [0.5, 0.6) is 0 Å². The highest BCUT2D eigenvalue weighted by molar-refractivity contribution is 5.13. The van der Waals surface area contributed by atoms with Crippen molar-refractivity contribution in [3.63, 3.8) is 0 Å². The highest BCUT2D eigenvalue weighted by Crippen LogP contribution is 2.54. The summed E-state index contributed by atoms with van der Waals surface area (Å²) in [5.74, 6) is 0.819. The molecule has 1 aliphatic rings. The minimum absolute atomic E-state index is 0.525. The lowest BCUT2D eigenvalue weighted by Crippen LogP contribution is -2.35. The summed E-state index contributed by atoms with van der Waals surface area (Å²) in [6.45, 7) is 13.4. The number of hydrogen-bond acceptors (Lipinski definition) is 2. The van der Waals surface area contributed by atoms with Crippen molar-refractivity contribution in [3.05, 3.63) is 17.5 Å². The lowest BCUT2D eigenvalue weighted by Gasteiger charge is -2.20. The van der Waals surface area contributed by atoms with Crippen LogP contribution in [0.15, 0.2) is 6.07 Å². The first-order chi connectivity index (χ1) is 8.97. The van der Waals surface area contributed by atoms with Crippen molar-refractivity contribution in [1.82, 2.24) is 15.1 Å². The van der Waals surface area contributed by atoms with E-state index in [2.05, 4.69) is 55.8 Å². The van der Waals surface area contributed by atoms with E-state index in [0.29, 0.717) is 11.5 Å². The lowest BCUT2D eigenvalue weighted by atomic mass is 9.99. The van der Waals surface area contributed by atoms with Crippen molar-refractivity contribution in [2.75, 3.05) is 6.54 Å². The van der Waals surface area contributed by atoms with Crippen LogP contribution in [-0.4, -0.2) is 22.4 Å². The molecule has 0 bridgehead atoms. The second-order valence-corrected chi connectivity index (χ2v) is 6.66. The third-order valence-corrected chi connectivity index (χ3v) is 4.45. The molecule has 108 valence electrons. The second kappa shape index (κ2) is 5.66. The molecule has 0 spiro atoms. The van der Waals surface area contributed by atoms with E-state index < -0.39 is 0 Å². The normalized spacial score (nSPS) is 22.5. The van der Waals surface area contributed by atoms with Crippen molar-refractivity contribution >= 4 is 0 Å². The summed E-state index contributed by atoms with van der Waals surface area (Å²) >= 11 is 0. The molecule has 1 fully saturated rings. The van der Waals surface area contributed by atoms with E-state index in [4.69, 9.17) is 0 Å². The lowest BCUT2D eigenvalue weighted by molar-refractivity contribution is 0.393. The Hall–Kier alpha value is -0.830. The van der Waals surface area contributed by atoms with Gasteiger partial charge in [-0.25, -0.2) is 0 Å². The molecule has 1 aromatic heterocycles. The number of rotatable bonds is 7. The molecule has 1 saturated carbocycles. The zero-order valence-electron chi connectivity index (χ0n) is 13.2. The van der Waals surface area contributed by atoms with Crippen LogP contribution in [0.1, 0.15) is 51.9 Å². The summed E-state index contributed by atoms with van der Waals surface area (Å²) in [4.78, 5) is 0. The molecule has 2 unspecified atom stereocenters. The first-order valence-electron chi connectivity index (χ1n) is 7.74. The molecule has 0 aliphatic heterocycles. The summed E-state index contributed by atoms with van der Waals surface area (Å²) in [6, 6.07) is 2.86. The quantitative estimate of drug-likeness (QED) is 0.819. The van der Waals surface area contributed by atoms with Crippen molar-refractivity contribution < 1.29 is 0 Å². The predicted octanol–water partition coefficient (Wildman–Crippen LogP) is 3.17. The van der Waals surface area contributed by atoms with E-state index in [1.165, 1.54) is 18.5 Å². The Morgan fingerprint density at radius 3 is 2.68 bits per heavy atom. The van der Waals surface area contributed by atoms with Crippen LogP contribution in [0.3, 0.4) is 0 Å². The molecule has 3 heteroatoms. The minimum atomic E-state index is 0.525. The van der Waals surface area contributed by atoms with Gasteiger partial charge in [-0.1, -0.05) is 20.8 Å². The number of hydrogen-bond donors (Lipinski definition) is 1. The van der Waals surface area contributed by atoms with Crippen molar-refractivity contribution in [2.24, 2.45) is 11.3 Å². The van der Waals surface area contributed by atoms with Gasteiger partial charge in [0.2, 0.25) is 0 Å². The summed E-state index contributed by atoms with van der Waals surface area (Å²) in [5, 5.41) is 8.32. The third-order valence-electron chi connectivity index (χ3n) is 4.45. The van der Waals surface area contributed by atoms with Gasteiger partial charge in [0, 0.05) is 24.7 Å². The van der Waals surface area contributed by atoms with E-state index in [1.807, 2.05) is 0 Å². The van der Waals surface area contributed by atoms with E-state index in [9.17, 15) is 0 Å². The molecule has 0 radical (unpaired) electrons. The number of aryl methyl sites for hydroxylation is 2. The molecule has 2 atom stereocenters. The predicted molar refractivity (Wildman–Crippen MR) is 80.3 cm³/mol. The Morgan fingerprint density at radius 2 is 2.16 bits per heavy atom. The number of nitrogens with one attached hydrogen (secondary N) is 1. The van der Waals surface area contributed by atoms with E-state index >= 15 is 0 Å². The van der Waals surface area contributed by atoms with Crippen LogP contribution in [-0.2, 0) is 13.0 Å². The molecular formula is C16H29N3. The summed E-state index contributed by atoms with van der Waals surface area (Å²) in [6.07, 6.45) is 3.67. The van der Waals surface area contributed by atoms with Gasteiger partial charge in [0.1, 0.15) is 0 Å². The Balaban J connectivity index is 2.06. The summed E-state index contributed by atoms with van der Waals surface area (Å²) < 4.78 is 2.16. The zero-order valence-corrected chi connectivity index (χ0v) is 13.2. The minimum Gasteiger partial charge on any atom is -0.313 e. The molecular weight excluding hydrogens is 234 g/mol.